The van der Waals surface area contributed by atoms with E-state index in [1.165, 1.54) is 18.2 Å². The van der Waals surface area contributed by atoms with Gasteiger partial charge in [0, 0.05) is 0 Å². The standard InChI is InChI=1S/C7H5N2O5/c10-7(8(11)12,9(13)14)6-4-2-1-3-5-6/h1-5H. The second-order valence-corrected chi connectivity index (χ2v) is 2.49. The summed E-state index contributed by atoms with van der Waals surface area (Å²) in [7, 11) is 0. The van der Waals surface area contributed by atoms with Crippen LogP contribution in [0.4, 0.5) is 0 Å². The molecule has 0 saturated heterocycles. The molecule has 0 aliphatic carbocycles. The first-order chi connectivity index (χ1) is 6.49. The first-order valence-corrected chi connectivity index (χ1v) is 3.54. The smallest absolute Gasteiger partial charge is 0.256 e. The van der Waals surface area contributed by atoms with Crippen LogP contribution in [-0.2, 0) is 11.0 Å². The van der Waals surface area contributed by atoms with Gasteiger partial charge < -0.3 is 0 Å². The van der Waals surface area contributed by atoms with Gasteiger partial charge in [-0.15, -0.1) is 0 Å². The zero-order valence-electron chi connectivity index (χ0n) is 6.82. The highest BCUT2D eigenvalue weighted by Gasteiger charge is 2.59. The molecule has 0 fully saturated rings. The predicted molar refractivity (Wildman–Crippen MR) is 42.8 cm³/mol. The second-order valence-electron chi connectivity index (χ2n) is 2.49. The molecule has 1 rings (SSSR count). The van der Waals surface area contributed by atoms with E-state index in [2.05, 4.69) is 0 Å². The van der Waals surface area contributed by atoms with Gasteiger partial charge in [-0.1, -0.05) is 23.3 Å². The molecule has 14 heavy (non-hydrogen) atoms. The average molecular weight is 197 g/mol. The minimum absolute atomic E-state index is 0.491. The Morgan fingerprint density at radius 2 is 1.43 bits per heavy atom. The predicted octanol–water partition coefficient (Wildman–Crippen LogP) is 0.781. The molecular formula is C7H5N2O5. The molecule has 0 heterocycles. The fourth-order valence-corrected chi connectivity index (χ4v) is 0.933. The first-order valence-electron chi connectivity index (χ1n) is 3.54. The molecule has 0 amide bonds. The van der Waals surface area contributed by atoms with Crippen LogP contribution in [0.5, 0.6) is 0 Å². The molecule has 7 heteroatoms. The number of nitro groups is 2. The highest BCUT2D eigenvalue weighted by atomic mass is 16.7. The zero-order chi connectivity index (χ0) is 10.8. The third-order valence-electron chi connectivity index (χ3n) is 1.64. The van der Waals surface area contributed by atoms with Gasteiger partial charge in [0.2, 0.25) is 0 Å². The molecule has 0 aliphatic heterocycles. The minimum Gasteiger partial charge on any atom is -0.256 e. The summed E-state index contributed by atoms with van der Waals surface area (Å²) in [5.74, 6) is -3.51. The summed E-state index contributed by atoms with van der Waals surface area (Å²) in [4.78, 5) is 17.7. The van der Waals surface area contributed by atoms with Gasteiger partial charge in [-0.3, -0.25) is 20.2 Å². The number of hydrogen-bond donors (Lipinski definition) is 0. The Bertz CT molecular complexity index is 350. The number of hydrogen-bond acceptors (Lipinski definition) is 4. The van der Waals surface area contributed by atoms with Gasteiger partial charge in [-0.2, -0.15) is 0 Å². The van der Waals surface area contributed by atoms with Crippen LogP contribution < -0.4 is 0 Å². The van der Waals surface area contributed by atoms with Crippen molar-refractivity contribution in [3.63, 3.8) is 0 Å². The number of benzene rings is 1. The molecule has 0 unspecified atom stereocenters. The normalized spacial score (nSPS) is 10.9. The minimum atomic E-state index is -3.51. The van der Waals surface area contributed by atoms with Crippen LogP contribution in [0.3, 0.4) is 0 Å². The van der Waals surface area contributed by atoms with E-state index in [0.29, 0.717) is 0 Å². The van der Waals surface area contributed by atoms with Crippen molar-refractivity contribution in [2.45, 2.75) is 5.85 Å². The molecule has 1 aromatic rings. The van der Waals surface area contributed by atoms with Crippen LogP contribution >= 0.6 is 0 Å². The quantitative estimate of drug-likeness (QED) is 0.405. The lowest BCUT2D eigenvalue weighted by atomic mass is 10.1. The van der Waals surface area contributed by atoms with Crippen molar-refractivity contribution in [3.8, 4) is 0 Å². The van der Waals surface area contributed by atoms with E-state index in [-0.39, 0.29) is 0 Å². The SMILES string of the molecule is [O]C(c1ccccc1)([N+](=O)[O-])[N+](=O)[O-]. The lowest BCUT2D eigenvalue weighted by molar-refractivity contribution is -0.873. The van der Waals surface area contributed by atoms with E-state index < -0.39 is 21.3 Å². The van der Waals surface area contributed by atoms with E-state index in [1.54, 1.807) is 0 Å². The molecule has 1 aromatic carbocycles. The van der Waals surface area contributed by atoms with Gasteiger partial charge in [-0.25, -0.2) is 0 Å². The van der Waals surface area contributed by atoms with Gasteiger partial charge in [0.25, 0.3) is 0 Å². The average Bonchev–Trinajstić information content (AvgIpc) is 2.17. The van der Waals surface area contributed by atoms with Gasteiger partial charge in [0.15, 0.2) is 0 Å². The summed E-state index contributed by atoms with van der Waals surface area (Å²) in [5, 5.41) is 31.9. The highest BCUT2D eigenvalue weighted by molar-refractivity contribution is 5.17. The summed E-state index contributed by atoms with van der Waals surface area (Å²) >= 11 is 0. The highest BCUT2D eigenvalue weighted by Crippen LogP contribution is 2.22. The third kappa shape index (κ3) is 1.40. The Kier molecular flexibility index (Phi) is 2.43. The molecule has 1 radical (unpaired) electrons. The molecule has 0 N–H and O–H groups in total. The van der Waals surface area contributed by atoms with Crippen LogP contribution in [0, 0.1) is 20.2 Å². The number of nitrogens with zero attached hydrogens (tertiary/aromatic N) is 2. The van der Waals surface area contributed by atoms with Gasteiger partial charge >= 0.3 is 5.85 Å². The van der Waals surface area contributed by atoms with E-state index >= 15 is 0 Å². The van der Waals surface area contributed by atoms with Gasteiger partial charge in [0.05, 0.1) is 0 Å². The van der Waals surface area contributed by atoms with Crippen LogP contribution in [0.1, 0.15) is 5.56 Å². The number of rotatable bonds is 3. The van der Waals surface area contributed by atoms with Gasteiger partial charge in [0.1, 0.15) is 15.4 Å². The van der Waals surface area contributed by atoms with Crippen molar-refractivity contribution in [1.29, 1.82) is 0 Å². The van der Waals surface area contributed by atoms with Crippen LogP contribution in [0.15, 0.2) is 30.3 Å². The maximum Gasteiger partial charge on any atom is 0.632 e. The van der Waals surface area contributed by atoms with Crippen molar-refractivity contribution in [2.24, 2.45) is 0 Å². The Labute approximate surface area is 77.9 Å². The molecule has 0 aliphatic rings. The second kappa shape index (κ2) is 3.38. The van der Waals surface area contributed by atoms with Crippen molar-refractivity contribution in [1.82, 2.24) is 0 Å². The molecule has 7 nitrogen and oxygen atoms in total. The van der Waals surface area contributed by atoms with Crippen molar-refractivity contribution >= 4 is 0 Å². The first kappa shape index (κ1) is 10.1. The molecule has 73 valence electrons. The monoisotopic (exact) mass is 197 g/mol. The van der Waals surface area contributed by atoms with E-state index in [1.807, 2.05) is 0 Å². The Morgan fingerprint density at radius 1 is 1.00 bits per heavy atom. The molecule has 0 spiro atoms. The molecular weight excluding hydrogens is 192 g/mol. The van der Waals surface area contributed by atoms with Crippen LogP contribution in [0.2, 0.25) is 0 Å². The Hall–Kier alpha value is -2.02. The summed E-state index contributed by atoms with van der Waals surface area (Å²) < 4.78 is 0. The Balaban J connectivity index is 3.27. The maximum absolute atomic E-state index is 11.3. The largest absolute Gasteiger partial charge is 0.632 e. The third-order valence-corrected chi connectivity index (χ3v) is 1.64. The molecule has 0 aromatic heterocycles. The summed E-state index contributed by atoms with van der Waals surface area (Å²) in [6.45, 7) is 0. The fourth-order valence-electron chi connectivity index (χ4n) is 0.933. The summed E-state index contributed by atoms with van der Waals surface area (Å²) in [6.07, 6.45) is 0. The topological polar surface area (TPSA) is 106 Å². The van der Waals surface area contributed by atoms with Crippen molar-refractivity contribution < 1.29 is 15.0 Å². The fraction of sp³-hybridized carbons (Fsp3) is 0.143. The van der Waals surface area contributed by atoms with E-state index in [0.717, 1.165) is 12.1 Å². The maximum atomic E-state index is 11.3. The van der Waals surface area contributed by atoms with Crippen molar-refractivity contribution in [3.05, 3.63) is 56.1 Å². The Morgan fingerprint density at radius 3 is 1.79 bits per heavy atom. The zero-order valence-corrected chi connectivity index (χ0v) is 6.82. The summed E-state index contributed by atoms with van der Waals surface area (Å²) in [6, 6.07) is 6.27. The van der Waals surface area contributed by atoms with Crippen molar-refractivity contribution in [2.75, 3.05) is 0 Å². The molecule has 0 atom stereocenters. The molecule has 0 saturated carbocycles. The van der Waals surface area contributed by atoms with E-state index in [9.17, 15) is 25.3 Å². The molecule has 0 bridgehead atoms. The lowest BCUT2D eigenvalue weighted by Gasteiger charge is -2.07. The van der Waals surface area contributed by atoms with Gasteiger partial charge in [-0.05, 0) is 12.1 Å². The van der Waals surface area contributed by atoms with E-state index in [4.69, 9.17) is 0 Å². The summed E-state index contributed by atoms with van der Waals surface area (Å²) in [5.41, 5.74) is -0.491. The van der Waals surface area contributed by atoms with Crippen LogP contribution in [0.25, 0.3) is 0 Å². The van der Waals surface area contributed by atoms with Crippen LogP contribution in [-0.4, -0.2) is 9.85 Å². The lowest BCUT2D eigenvalue weighted by Crippen LogP contribution is -2.41.